The molecule has 0 bridgehead atoms. The Kier molecular flexibility index (Phi) is 6.93. The Morgan fingerprint density at radius 2 is 2.15 bits per heavy atom. The van der Waals surface area contributed by atoms with Crippen molar-refractivity contribution < 1.29 is 9.53 Å². The van der Waals surface area contributed by atoms with Crippen LogP contribution >= 0.6 is 0 Å². The van der Waals surface area contributed by atoms with Gasteiger partial charge in [0.25, 0.3) is 0 Å². The van der Waals surface area contributed by atoms with Crippen LogP contribution < -0.4 is 10.6 Å². The molecule has 0 unspecified atom stereocenters. The van der Waals surface area contributed by atoms with Gasteiger partial charge in [-0.2, -0.15) is 0 Å². The van der Waals surface area contributed by atoms with Gasteiger partial charge in [-0.15, -0.1) is 0 Å². The standard InChI is InChI=1S/C14H24N4O2/c1-10(2)7-12(14(19)15-5-6-20-4)18-13-8-11(3)16-9-17-13/h8-10,12H,5-7H2,1-4H3,(H,15,19)(H,16,17,18)/t12-/m0/s1. The lowest BCUT2D eigenvalue weighted by molar-refractivity contribution is -0.122. The summed E-state index contributed by atoms with van der Waals surface area (Å²) in [4.78, 5) is 20.4. The number of hydrogen-bond donors (Lipinski definition) is 2. The fourth-order valence-corrected chi connectivity index (χ4v) is 1.81. The van der Waals surface area contributed by atoms with Gasteiger partial charge in [0.1, 0.15) is 18.2 Å². The van der Waals surface area contributed by atoms with Crippen molar-refractivity contribution in [2.45, 2.75) is 33.2 Å². The molecule has 6 nitrogen and oxygen atoms in total. The van der Waals surface area contributed by atoms with E-state index in [0.717, 1.165) is 12.1 Å². The van der Waals surface area contributed by atoms with Crippen LogP contribution in [0.25, 0.3) is 0 Å². The molecule has 0 aliphatic rings. The minimum Gasteiger partial charge on any atom is -0.383 e. The molecule has 1 aromatic heterocycles. The Morgan fingerprint density at radius 1 is 1.40 bits per heavy atom. The second kappa shape index (κ2) is 8.47. The number of rotatable bonds is 8. The third-order valence-electron chi connectivity index (χ3n) is 2.75. The predicted octanol–water partition coefficient (Wildman–Crippen LogP) is 1.37. The highest BCUT2D eigenvalue weighted by molar-refractivity contribution is 5.84. The van der Waals surface area contributed by atoms with E-state index in [-0.39, 0.29) is 11.9 Å². The van der Waals surface area contributed by atoms with E-state index in [4.69, 9.17) is 4.74 Å². The molecule has 1 aromatic rings. The van der Waals surface area contributed by atoms with E-state index in [0.29, 0.717) is 24.9 Å². The molecule has 0 fully saturated rings. The van der Waals surface area contributed by atoms with E-state index in [1.807, 2.05) is 13.0 Å². The topological polar surface area (TPSA) is 76.1 Å². The molecule has 0 aromatic carbocycles. The van der Waals surface area contributed by atoms with Crippen molar-refractivity contribution in [1.29, 1.82) is 0 Å². The number of anilines is 1. The van der Waals surface area contributed by atoms with Crippen LogP contribution in [0.2, 0.25) is 0 Å². The number of hydrogen-bond acceptors (Lipinski definition) is 5. The van der Waals surface area contributed by atoms with Crippen molar-refractivity contribution in [3.8, 4) is 0 Å². The summed E-state index contributed by atoms with van der Waals surface area (Å²) in [5.74, 6) is 1.04. The quantitative estimate of drug-likeness (QED) is 0.703. The van der Waals surface area contributed by atoms with Crippen molar-refractivity contribution >= 4 is 11.7 Å². The number of aryl methyl sites for hydroxylation is 1. The SMILES string of the molecule is COCCNC(=O)[C@H](CC(C)C)Nc1cc(C)ncn1. The molecular weight excluding hydrogens is 256 g/mol. The average molecular weight is 280 g/mol. The molecule has 0 radical (unpaired) electrons. The molecule has 0 spiro atoms. The second-order valence-corrected chi connectivity index (χ2v) is 5.15. The summed E-state index contributed by atoms with van der Waals surface area (Å²) in [6, 6.07) is 1.52. The number of carbonyl (C=O) groups is 1. The molecular formula is C14H24N4O2. The van der Waals surface area contributed by atoms with E-state index < -0.39 is 0 Å². The molecule has 1 heterocycles. The second-order valence-electron chi connectivity index (χ2n) is 5.15. The summed E-state index contributed by atoms with van der Waals surface area (Å²) in [6.45, 7) is 7.08. The summed E-state index contributed by atoms with van der Waals surface area (Å²) in [5, 5.41) is 6.03. The first-order chi connectivity index (χ1) is 9.52. The van der Waals surface area contributed by atoms with E-state index in [1.165, 1.54) is 6.33 Å². The molecule has 0 saturated heterocycles. The van der Waals surface area contributed by atoms with Crippen LogP contribution in [0.15, 0.2) is 12.4 Å². The first-order valence-corrected chi connectivity index (χ1v) is 6.84. The third kappa shape index (κ3) is 5.97. The van der Waals surface area contributed by atoms with Crippen molar-refractivity contribution in [2.24, 2.45) is 5.92 Å². The van der Waals surface area contributed by atoms with Gasteiger partial charge in [0.2, 0.25) is 5.91 Å². The van der Waals surface area contributed by atoms with Gasteiger partial charge < -0.3 is 15.4 Å². The zero-order valence-electron chi connectivity index (χ0n) is 12.6. The van der Waals surface area contributed by atoms with Gasteiger partial charge in [-0.25, -0.2) is 9.97 Å². The molecule has 2 N–H and O–H groups in total. The van der Waals surface area contributed by atoms with Gasteiger partial charge in [-0.3, -0.25) is 4.79 Å². The summed E-state index contributed by atoms with van der Waals surface area (Å²) >= 11 is 0. The number of carbonyl (C=O) groups excluding carboxylic acids is 1. The van der Waals surface area contributed by atoms with E-state index in [1.54, 1.807) is 7.11 Å². The van der Waals surface area contributed by atoms with E-state index in [2.05, 4.69) is 34.4 Å². The van der Waals surface area contributed by atoms with Crippen LogP contribution in [0, 0.1) is 12.8 Å². The number of aromatic nitrogens is 2. The fraction of sp³-hybridized carbons (Fsp3) is 0.643. The maximum absolute atomic E-state index is 12.2. The Labute approximate surface area is 120 Å². The minimum atomic E-state index is -0.304. The van der Waals surface area contributed by atoms with Crippen LogP contribution in [-0.4, -0.2) is 42.2 Å². The number of methoxy groups -OCH3 is 1. The Bertz CT molecular complexity index is 423. The predicted molar refractivity (Wildman–Crippen MR) is 78.5 cm³/mol. The summed E-state index contributed by atoms with van der Waals surface area (Å²) in [5.41, 5.74) is 0.866. The third-order valence-corrected chi connectivity index (χ3v) is 2.75. The van der Waals surface area contributed by atoms with Crippen LogP contribution in [0.4, 0.5) is 5.82 Å². The minimum absolute atomic E-state index is 0.0352. The molecule has 0 aliphatic heterocycles. The van der Waals surface area contributed by atoms with Crippen LogP contribution in [0.3, 0.4) is 0 Å². The maximum atomic E-state index is 12.2. The molecule has 1 atom stereocenters. The van der Waals surface area contributed by atoms with Crippen LogP contribution in [-0.2, 0) is 9.53 Å². The lowest BCUT2D eigenvalue weighted by Crippen LogP contribution is -2.41. The highest BCUT2D eigenvalue weighted by atomic mass is 16.5. The molecule has 0 aliphatic carbocycles. The zero-order chi connectivity index (χ0) is 15.0. The highest BCUT2D eigenvalue weighted by Gasteiger charge is 2.19. The van der Waals surface area contributed by atoms with E-state index in [9.17, 15) is 4.79 Å². The molecule has 20 heavy (non-hydrogen) atoms. The van der Waals surface area contributed by atoms with Crippen LogP contribution in [0.5, 0.6) is 0 Å². The zero-order valence-corrected chi connectivity index (χ0v) is 12.6. The number of ether oxygens (including phenoxy) is 1. The Balaban J connectivity index is 2.66. The smallest absolute Gasteiger partial charge is 0.242 e. The van der Waals surface area contributed by atoms with Crippen LogP contribution in [0.1, 0.15) is 26.0 Å². The fourth-order valence-electron chi connectivity index (χ4n) is 1.81. The van der Waals surface area contributed by atoms with Gasteiger partial charge in [-0.1, -0.05) is 13.8 Å². The largest absolute Gasteiger partial charge is 0.383 e. The molecule has 0 saturated carbocycles. The van der Waals surface area contributed by atoms with E-state index >= 15 is 0 Å². The number of nitrogens with zero attached hydrogens (tertiary/aromatic N) is 2. The molecule has 6 heteroatoms. The molecule has 112 valence electrons. The Morgan fingerprint density at radius 3 is 2.75 bits per heavy atom. The van der Waals surface area contributed by atoms with Gasteiger partial charge in [0, 0.05) is 25.4 Å². The summed E-state index contributed by atoms with van der Waals surface area (Å²) < 4.78 is 4.93. The lowest BCUT2D eigenvalue weighted by atomic mass is 10.0. The highest BCUT2D eigenvalue weighted by Crippen LogP contribution is 2.11. The first kappa shape index (κ1) is 16.4. The van der Waals surface area contributed by atoms with Gasteiger partial charge in [0.15, 0.2) is 0 Å². The first-order valence-electron chi connectivity index (χ1n) is 6.84. The lowest BCUT2D eigenvalue weighted by Gasteiger charge is -2.20. The van der Waals surface area contributed by atoms with Gasteiger partial charge in [0.05, 0.1) is 6.61 Å². The number of amides is 1. The van der Waals surface area contributed by atoms with Gasteiger partial charge in [-0.05, 0) is 19.3 Å². The van der Waals surface area contributed by atoms with Crippen molar-refractivity contribution in [3.05, 3.63) is 18.1 Å². The van der Waals surface area contributed by atoms with Crippen molar-refractivity contribution in [1.82, 2.24) is 15.3 Å². The van der Waals surface area contributed by atoms with Crippen molar-refractivity contribution in [3.63, 3.8) is 0 Å². The number of nitrogens with one attached hydrogen (secondary N) is 2. The molecule has 1 amide bonds. The summed E-state index contributed by atoms with van der Waals surface area (Å²) in [6.07, 6.45) is 2.23. The molecule has 1 rings (SSSR count). The normalized spacial score (nSPS) is 12.2. The average Bonchev–Trinajstić information content (AvgIpc) is 2.37. The van der Waals surface area contributed by atoms with Gasteiger partial charge >= 0.3 is 0 Å². The van der Waals surface area contributed by atoms with Crippen molar-refractivity contribution in [2.75, 3.05) is 25.6 Å². The monoisotopic (exact) mass is 280 g/mol. The Hall–Kier alpha value is -1.69. The summed E-state index contributed by atoms with van der Waals surface area (Å²) in [7, 11) is 1.61. The maximum Gasteiger partial charge on any atom is 0.242 e.